The summed E-state index contributed by atoms with van der Waals surface area (Å²) in [6, 6.07) is 22.2. The number of aromatic nitrogens is 1. The molecule has 0 aliphatic heterocycles. The van der Waals surface area contributed by atoms with Crippen LogP contribution in [0.25, 0.3) is 33.1 Å². The zero-order chi connectivity index (χ0) is 25.2. The minimum Gasteiger partial charge on any atom is -0.455 e. The van der Waals surface area contributed by atoms with Gasteiger partial charge in [0.15, 0.2) is 5.43 Å². The second kappa shape index (κ2) is 9.30. The van der Waals surface area contributed by atoms with E-state index in [1.54, 1.807) is 59.2 Å². The Labute approximate surface area is 204 Å². The first-order valence-electron chi connectivity index (χ1n) is 11.1. The van der Waals surface area contributed by atoms with Crippen molar-refractivity contribution in [3.05, 3.63) is 111 Å². The number of nitro groups is 1. The predicted octanol–water partition coefficient (Wildman–Crippen LogP) is 4.78. The van der Waals surface area contributed by atoms with Crippen molar-refractivity contribution in [3.8, 4) is 11.3 Å². The smallest absolute Gasteiger partial charge is 0.270 e. The van der Waals surface area contributed by atoms with Crippen LogP contribution in [0.3, 0.4) is 0 Å². The van der Waals surface area contributed by atoms with Gasteiger partial charge in [-0.2, -0.15) is 5.10 Å². The van der Waals surface area contributed by atoms with Gasteiger partial charge < -0.3 is 8.98 Å². The topological polar surface area (TPSA) is 120 Å². The molecule has 9 nitrogen and oxygen atoms in total. The van der Waals surface area contributed by atoms with Gasteiger partial charge in [0.2, 0.25) is 0 Å². The number of nitrogens with zero attached hydrogens (tertiary/aromatic N) is 3. The number of hydrogen-bond donors (Lipinski definition) is 1. The van der Waals surface area contributed by atoms with E-state index < -0.39 is 4.92 Å². The van der Waals surface area contributed by atoms with Gasteiger partial charge in [0.1, 0.15) is 18.1 Å². The molecule has 0 saturated carbocycles. The third kappa shape index (κ3) is 4.25. The van der Waals surface area contributed by atoms with Crippen molar-refractivity contribution in [2.75, 3.05) is 0 Å². The molecule has 0 spiro atoms. The standard InChI is InChI=1S/C27H20N4O5/c1-17-10-11-18(31(34)35)14-22(17)25-13-12-19(36-25)15-28-29-26(32)16-30-23-8-4-2-6-20(23)27(33)21-7-3-5-9-24(21)30/h2-15H,16H2,1H3,(H,29,32)/b28-15+. The number of nitrogens with one attached hydrogen (secondary N) is 1. The van der Waals surface area contributed by atoms with Gasteiger partial charge in [-0.1, -0.05) is 30.3 Å². The van der Waals surface area contributed by atoms with E-state index in [0.29, 0.717) is 38.9 Å². The van der Waals surface area contributed by atoms with Gasteiger partial charge in [-0.3, -0.25) is 19.7 Å². The minimum atomic E-state index is -0.460. The summed E-state index contributed by atoms with van der Waals surface area (Å²) in [6.45, 7) is 1.79. The highest BCUT2D eigenvalue weighted by Gasteiger charge is 2.14. The maximum atomic E-state index is 12.9. The number of nitro benzene ring substituents is 1. The van der Waals surface area contributed by atoms with Gasteiger partial charge in [0.25, 0.3) is 11.6 Å². The van der Waals surface area contributed by atoms with Gasteiger partial charge in [0, 0.05) is 28.5 Å². The van der Waals surface area contributed by atoms with Crippen molar-refractivity contribution >= 4 is 39.6 Å². The van der Waals surface area contributed by atoms with E-state index in [4.69, 9.17) is 4.42 Å². The molecule has 0 aliphatic carbocycles. The lowest BCUT2D eigenvalue weighted by Gasteiger charge is -2.14. The number of benzene rings is 3. The van der Waals surface area contributed by atoms with Gasteiger partial charge in [-0.25, -0.2) is 5.43 Å². The van der Waals surface area contributed by atoms with Gasteiger partial charge in [0.05, 0.1) is 22.2 Å². The molecule has 0 radical (unpaired) electrons. The Bertz CT molecular complexity index is 1670. The molecule has 1 N–H and O–H groups in total. The number of fused-ring (bicyclic) bond motifs is 2. The van der Waals surface area contributed by atoms with Crippen molar-refractivity contribution in [1.29, 1.82) is 0 Å². The summed E-state index contributed by atoms with van der Waals surface area (Å²) >= 11 is 0. The molecule has 5 aromatic rings. The number of hydrogen-bond acceptors (Lipinski definition) is 6. The molecule has 2 aromatic heterocycles. The largest absolute Gasteiger partial charge is 0.455 e. The van der Waals surface area contributed by atoms with E-state index in [-0.39, 0.29) is 23.6 Å². The van der Waals surface area contributed by atoms with Crippen LogP contribution < -0.4 is 10.9 Å². The third-order valence-corrected chi connectivity index (χ3v) is 5.89. The summed E-state index contributed by atoms with van der Waals surface area (Å²) in [7, 11) is 0. The van der Waals surface area contributed by atoms with Crippen LogP contribution in [0.4, 0.5) is 5.69 Å². The Morgan fingerprint density at radius 2 is 1.69 bits per heavy atom. The number of carbonyl (C=O) groups is 1. The summed E-state index contributed by atoms with van der Waals surface area (Å²) in [5.41, 5.74) is 5.12. The molecule has 3 aromatic carbocycles. The Balaban J connectivity index is 1.36. The molecule has 0 bridgehead atoms. The molecule has 0 aliphatic rings. The molecule has 0 unspecified atom stereocenters. The van der Waals surface area contributed by atoms with Gasteiger partial charge >= 0.3 is 0 Å². The normalized spacial score (nSPS) is 11.4. The van der Waals surface area contributed by atoms with E-state index in [1.807, 2.05) is 19.1 Å². The lowest BCUT2D eigenvalue weighted by molar-refractivity contribution is -0.384. The van der Waals surface area contributed by atoms with E-state index in [9.17, 15) is 19.7 Å². The van der Waals surface area contributed by atoms with Crippen LogP contribution >= 0.6 is 0 Å². The average molecular weight is 480 g/mol. The SMILES string of the molecule is Cc1ccc([N+](=O)[O-])cc1-c1ccc(/C=N/NC(=O)Cn2c3ccccc3c(=O)c3ccccc32)o1. The highest BCUT2D eigenvalue weighted by Crippen LogP contribution is 2.28. The molecule has 0 fully saturated rings. The van der Waals surface area contributed by atoms with Crippen LogP contribution in [-0.4, -0.2) is 21.6 Å². The molecule has 0 atom stereocenters. The van der Waals surface area contributed by atoms with E-state index in [2.05, 4.69) is 10.5 Å². The number of amides is 1. The number of carbonyl (C=O) groups excluding carboxylic acids is 1. The molecule has 5 rings (SSSR count). The molecule has 178 valence electrons. The van der Waals surface area contributed by atoms with Crippen LogP contribution in [0, 0.1) is 17.0 Å². The molecular weight excluding hydrogens is 460 g/mol. The van der Waals surface area contributed by atoms with Crippen LogP contribution in [-0.2, 0) is 11.3 Å². The number of pyridine rings is 1. The first-order valence-corrected chi connectivity index (χ1v) is 11.1. The summed E-state index contributed by atoms with van der Waals surface area (Å²) in [5.74, 6) is 0.442. The maximum Gasteiger partial charge on any atom is 0.270 e. The number of hydrazone groups is 1. The highest BCUT2D eigenvalue weighted by atomic mass is 16.6. The van der Waals surface area contributed by atoms with Gasteiger partial charge in [-0.15, -0.1) is 0 Å². The molecule has 0 saturated heterocycles. The quantitative estimate of drug-likeness (QED) is 0.162. The van der Waals surface area contributed by atoms with Gasteiger partial charge in [-0.05, 0) is 48.9 Å². The number of non-ortho nitro benzene ring substituents is 1. The Kier molecular flexibility index (Phi) is 5.87. The third-order valence-electron chi connectivity index (χ3n) is 5.89. The fraction of sp³-hybridized carbons (Fsp3) is 0.0741. The van der Waals surface area contributed by atoms with Crippen LogP contribution in [0.5, 0.6) is 0 Å². The number of rotatable bonds is 6. The lowest BCUT2D eigenvalue weighted by Crippen LogP contribution is -2.25. The zero-order valence-corrected chi connectivity index (χ0v) is 19.2. The Morgan fingerprint density at radius 3 is 2.36 bits per heavy atom. The first-order chi connectivity index (χ1) is 17.4. The van der Waals surface area contributed by atoms with Crippen molar-refractivity contribution in [2.45, 2.75) is 13.5 Å². The average Bonchev–Trinajstić information content (AvgIpc) is 3.35. The fourth-order valence-electron chi connectivity index (χ4n) is 4.15. The molecule has 36 heavy (non-hydrogen) atoms. The molecular formula is C27H20N4O5. The number of aryl methyl sites for hydroxylation is 1. The first kappa shape index (κ1) is 22.7. The van der Waals surface area contributed by atoms with Crippen molar-refractivity contribution in [3.63, 3.8) is 0 Å². The van der Waals surface area contributed by atoms with E-state index >= 15 is 0 Å². The monoisotopic (exact) mass is 480 g/mol. The van der Waals surface area contributed by atoms with Crippen molar-refractivity contribution < 1.29 is 14.1 Å². The summed E-state index contributed by atoms with van der Waals surface area (Å²) in [4.78, 5) is 36.2. The second-order valence-corrected chi connectivity index (χ2v) is 8.20. The minimum absolute atomic E-state index is 0.0305. The maximum absolute atomic E-state index is 12.9. The second-order valence-electron chi connectivity index (χ2n) is 8.20. The Hall–Kier alpha value is -5.05. The van der Waals surface area contributed by atoms with Crippen molar-refractivity contribution in [1.82, 2.24) is 9.99 Å². The van der Waals surface area contributed by atoms with Crippen molar-refractivity contribution in [2.24, 2.45) is 5.10 Å². The van der Waals surface area contributed by atoms with Crippen LogP contribution in [0.1, 0.15) is 11.3 Å². The molecule has 1 amide bonds. The number of para-hydroxylation sites is 2. The van der Waals surface area contributed by atoms with Crippen LogP contribution in [0.15, 0.2) is 93.2 Å². The lowest BCUT2D eigenvalue weighted by atomic mass is 10.1. The summed E-state index contributed by atoms with van der Waals surface area (Å²) in [5, 5.41) is 16.2. The predicted molar refractivity (Wildman–Crippen MR) is 137 cm³/mol. The highest BCUT2D eigenvalue weighted by molar-refractivity contribution is 5.95. The molecule has 2 heterocycles. The Morgan fingerprint density at radius 1 is 1.03 bits per heavy atom. The number of furan rings is 1. The summed E-state index contributed by atoms with van der Waals surface area (Å²) < 4.78 is 7.54. The fourth-order valence-corrected chi connectivity index (χ4v) is 4.15. The van der Waals surface area contributed by atoms with Crippen LogP contribution in [0.2, 0.25) is 0 Å². The van der Waals surface area contributed by atoms with E-state index in [0.717, 1.165) is 5.56 Å². The molecule has 9 heteroatoms. The zero-order valence-electron chi connectivity index (χ0n) is 19.2. The summed E-state index contributed by atoms with van der Waals surface area (Å²) in [6.07, 6.45) is 1.36. The van der Waals surface area contributed by atoms with E-state index in [1.165, 1.54) is 18.3 Å².